The molecule has 0 radical (unpaired) electrons. The van der Waals surface area contributed by atoms with Crippen LogP contribution < -0.4 is 75.7 Å². The summed E-state index contributed by atoms with van der Waals surface area (Å²) in [6.07, 6.45) is -6.75. The molecule has 0 aliphatic rings. The molecule has 0 aliphatic carbocycles. The monoisotopic (exact) mass is 1240 g/mol. The maximum Gasteiger partial charge on any atom is 0.408 e. The maximum absolute atomic E-state index is 14.5. The minimum Gasteiger partial charge on any atom is -0.480 e. The average molecular weight is 1240 g/mol. The first-order valence-corrected chi connectivity index (χ1v) is 28.4. The summed E-state index contributed by atoms with van der Waals surface area (Å²) in [6, 6.07) is 0.347. The van der Waals surface area contributed by atoms with Crippen molar-refractivity contribution in [3.05, 3.63) is 65.7 Å². The number of ether oxygens (including phenoxy) is 1. The molecular weight excluding hydrogens is 1150 g/mol. The van der Waals surface area contributed by atoms with Gasteiger partial charge in [-0.15, -0.1) is 0 Å². The Morgan fingerprint density at radius 2 is 1.16 bits per heavy atom. The smallest absolute Gasteiger partial charge is 0.408 e. The molecule has 13 atom stereocenters. The summed E-state index contributed by atoms with van der Waals surface area (Å²) in [5.74, 6) is -14.2. The molecule has 0 fully saturated rings. The lowest BCUT2D eigenvalue weighted by Gasteiger charge is -2.32. The van der Waals surface area contributed by atoms with E-state index in [1.54, 1.807) is 101 Å². The molecule has 0 aromatic heterocycles. The fourth-order valence-electron chi connectivity index (χ4n) is 8.35. The number of nitrogens with one attached hydrogen (secondary N) is 9. The van der Waals surface area contributed by atoms with Crippen LogP contribution in [0.4, 0.5) is 10.5 Å². The van der Waals surface area contributed by atoms with Gasteiger partial charge in [0.05, 0.1) is 31.4 Å². The van der Waals surface area contributed by atoms with E-state index in [1.807, 2.05) is 24.3 Å². The molecule has 0 unspecified atom stereocenters. The van der Waals surface area contributed by atoms with E-state index < -0.39 is 163 Å². The van der Waals surface area contributed by atoms with Crippen LogP contribution in [0.3, 0.4) is 0 Å². The van der Waals surface area contributed by atoms with Gasteiger partial charge in [-0.3, -0.25) is 48.1 Å². The molecule has 490 valence electrons. The Bertz CT molecular complexity index is 2700. The standard InChI is InChI=1S/C56H89N15O17/c1-10-29(6)39(50(81)68-40(30(7)73)49(80)62-24-37(74)66-43(45(76)46(58)77)53(84)65-36(25-72)54(85)86)67-47(78)34(17-14-22-61-55(59)60)63-48(79)35(23-27(2)3)64-52(83)42(44(75)28(4)5)69-51(82)41(38(57)32-18-20-33(21-19-32)71(8)9)70-56(87)88-26-31-15-12-11-13-16-31/h11-13,15-16,18-21,27-30,34-36,38-45,72-73,75-76H,10,14,17,22-26,57H2,1-9H3,(H2,58,77)(H,62,80)(H,63,79)(H,64,83)(H,65,84)(H,66,74)(H,67,78)(H,68,81)(H,69,82)(H,70,87)(H,85,86)(H4,59,60,61)/t29-,30-,34+,35-,36-,38+,39-,40-,41-,42-,43-,44+,45-/m0/s1. The van der Waals surface area contributed by atoms with Crippen LogP contribution in [0.5, 0.6) is 0 Å². The number of carboxylic acids is 1. The van der Waals surface area contributed by atoms with Gasteiger partial charge < -0.3 is 106 Å². The van der Waals surface area contributed by atoms with Crippen molar-refractivity contribution in [2.24, 2.45) is 45.7 Å². The van der Waals surface area contributed by atoms with Crippen LogP contribution in [0.25, 0.3) is 0 Å². The van der Waals surface area contributed by atoms with Crippen molar-refractivity contribution in [3.8, 4) is 0 Å². The van der Waals surface area contributed by atoms with Crippen molar-refractivity contribution in [1.82, 2.24) is 47.9 Å². The number of benzene rings is 2. The lowest BCUT2D eigenvalue weighted by molar-refractivity contribution is -0.145. The lowest BCUT2D eigenvalue weighted by atomic mass is 9.95. The van der Waals surface area contributed by atoms with E-state index >= 15 is 0 Å². The van der Waals surface area contributed by atoms with Gasteiger partial charge in [-0.05, 0) is 67.2 Å². The second kappa shape index (κ2) is 37.1. The molecule has 2 aromatic rings. The van der Waals surface area contributed by atoms with Crippen molar-refractivity contribution in [2.45, 2.75) is 153 Å². The molecule has 0 saturated carbocycles. The first-order valence-electron chi connectivity index (χ1n) is 28.4. The highest BCUT2D eigenvalue weighted by molar-refractivity contribution is 5.99. The van der Waals surface area contributed by atoms with Gasteiger partial charge in [0.25, 0.3) is 0 Å². The molecule has 22 N–H and O–H groups in total. The number of carboxylic acid groups (broad SMARTS) is 1. The lowest BCUT2D eigenvalue weighted by Crippen LogP contribution is -2.63. The minimum atomic E-state index is -2.43. The topological polar surface area (TPSA) is 526 Å². The number of nitrogens with zero attached hydrogens (tertiary/aromatic N) is 2. The van der Waals surface area contributed by atoms with Crippen LogP contribution in [0.15, 0.2) is 59.6 Å². The van der Waals surface area contributed by atoms with Gasteiger partial charge in [0.1, 0.15) is 54.9 Å². The average Bonchev–Trinajstić information content (AvgIpc) is 2.96. The number of carbonyl (C=O) groups is 11. The Labute approximate surface area is 509 Å². The fraction of sp³-hybridized carbons (Fsp3) is 0.571. The summed E-state index contributed by atoms with van der Waals surface area (Å²) in [5.41, 5.74) is 24.7. The Kier molecular flexibility index (Phi) is 31.8. The number of nitrogens with two attached hydrogens (primary N) is 4. The first kappa shape index (κ1) is 75.4. The number of rotatable bonds is 37. The van der Waals surface area contributed by atoms with E-state index in [0.717, 1.165) is 12.6 Å². The molecule has 0 aliphatic heterocycles. The van der Waals surface area contributed by atoms with Gasteiger partial charge >= 0.3 is 12.1 Å². The third-order valence-electron chi connectivity index (χ3n) is 13.7. The van der Waals surface area contributed by atoms with Crippen molar-refractivity contribution in [2.75, 3.05) is 38.7 Å². The zero-order chi connectivity index (χ0) is 66.7. The molecule has 32 heteroatoms. The van der Waals surface area contributed by atoms with Gasteiger partial charge in [0.2, 0.25) is 53.2 Å². The summed E-state index contributed by atoms with van der Waals surface area (Å²) < 4.78 is 5.42. The summed E-state index contributed by atoms with van der Waals surface area (Å²) in [7, 11) is 3.64. The Hall–Kier alpha value is -8.72. The van der Waals surface area contributed by atoms with Crippen molar-refractivity contribution >= 4 is 76.9 Å². The van der Waals surface area contributed by atoms with Gasteiger partial charge in [-0.1, -0.05) is 90.4 Å². The first-order chi connectivity index (χ1) is 41.2. The molecule has 32 nitrogen and oxygen atoms in total. The summed E-state index contributed by atoms with van der Waals surface area (Å²) in [4.78, 5) is 153. The fourth-order valence-corrected chi connectivity index (χ4v) is 8.35. The summed E-state index contributed by atoms with van der Waals surface area (Å²) in [5, 5.41) is 72.0. The van der Waals surface area contributed by atoms with Crippen molar-refractivity contribution in [1.29, 1.82) is 0 Å². The number of hydrogen-bond donors (Lipinski definition) is 18. The molecule has 2 aromatic carbocycles. The number of carbonyl (C=O) groups excluding carboxylic acids is 10. The zero-order valence-corrected chi connectivity index (χ0v) is 50.9. The number of aliphatic hydroxyl groups is 4. The van der Waals surface area contributed by atoms with Crippen LogP contribution in [-0.2, 0) is 59.3 Å². The molecule has 88 heavy (non-hydrogen) atoms. The molecular formula is C56H89N15O17. The van der Waals surface area contributed by atoms with E-state index in [-0.39, 0.29) is 50.7 Å². The number of hydrogen-bond acceptors (Lipinski definition) is 19. The molecule has 0 bridgehead atoms. The number of aliphatic hydroxyl groups excluding tert-OH is 4. The molecule has 0 saturated heterocycles. The number of aliphatic carboxylic acids is 1. The molecule has 2 rings (SSSR count). The SMILES string of the molecule is CC[C@H](C)[C@H](NC(=O)[C@@H](CCCN=C(N)N)NC(=O)[C@H](CC(C)C)NC(=O)[C@@H](NC(=O)[C@@H](NC(=O)OCc1ccccc1)[C@H](N)c1ccc(N(C)C)cc1)[C@H](O)C(C)C)C(=O)N[C@H](C(=O)NCC(=O)N[C@H](C(=O)N[C@@H](CO)C(=O)O)[C@H](O)C(N)=O)[C@H](C)O. The third-order valence-corrected chi connectivity index (χ3v) is 13.7. The van der Waals surface area contributed by atoms with Crippen molar-refractivity contribution in [3.63, 3.8) is 0 Å². The van der Waals surface area contributed by atoms with Gasteiger partial charge in [0.15, 0.2) is 12.1 Å². The van der Waals surface area contributed by atoms with Crippen LogP contribution in [-0.4, -0.2) is 197 Å². The van der Waals surface area contributed by atoms with E-state index in [0.29, 0.717) is 11.1 Å². The molecule has 0 heterocycles. The summed E-state index contributed by atoms with van der Waals surface area (Å²) >= 11 is 0. The highest BCUT2D eigenvalue weighted by Gasteiger charge is 2.40. The largest absolute Gasteiger partial charge is 0.480 e. The third kappa shape index (κ3) is 24.9. The van der Waals surface area contributed by atoms with Crippen molar-refractivity contribution < 1.29 is 83.0 Å². The second-order valence-corrected chi connectivity index (χ2v) is 21.9. The Morgan fingerprint density at radius 1 is 0.625 bits per heavy atom. The maximum atomic E-state index is 14.5. The van der Waals surface area contributed by atoms with Gasteiger partial charge in [0, 0.05) is 26.3 Å². The highest BCUT2D eigenvalue weighted by atomic mass is 16.5. The normalized spacial score (nSPS) is 15.6. The van der Waals surface area contributed by atoms with E-state index in [2.05, 4.69) is 42.2 Å². The number of alkyl carbamates (subject to hydrolysis) is 1. The van der Waals surface area contributed by atoms with Crippen LogP contribution >= 0.6 is 0 Å². The minimum absolute atomic E-state index is 0.0405. The predicted molar refractivity (Wildman–Crippen MR) is 319 cm³/mol. The molecule has 10 amide bonds. The van der Waals surface area contributed by atoms with E-state index in [9.17, 15) is 78.3 Å². The van der Waals surface area contributed by atoms with Gasteiger partial charge in [-0.2, -0.15) is 0 Å². The Morgan fingerprint density at radius 3 is 1.68 bits per heavy atom. The quantitative estimate of drug-likeness (QED) is 0.0171. The van der Waals surface area contributed by atoms with E-state index in [4.69, 9.17) is 27.7 Å². The van der Waals surface area contributed by atoms with Crippen LogP contribution in [0.2, 0.25) is 0 Å². The van der Waals surface area contributed by atoms with Crippen LogP contribution in [0, 0.1) is 17.8 Å². The number of guanidine groups is 1. The predicted octanol–water partition coefficient (Wildman–Crippen LogP) is -4.98. The number of anilines is 1. The molecule has 0 spiro atoms. The van der Waals surface area contributed by atoms with Gasteiger partial charge in [-0.25, -0.2) is 9.59 Å². The number of aliphatic imine (C=N–C) groups is 1. The Balaban J connectivity index is 2.48. The zero-order valence-electron chi connectivity index (χ0n) is 50.9. The second-order valence-electron chi connectivity index (χ2n) is 21.9. The van der Waals surface area contributed by atoms with Crippen LogP contribution in [0.1, 0.15) is 91.3 Å². The highest BCUT2D eigenvalue weighted by Crippen LogP contribution is 2.21. The number of amides is 10. The number of primary amides is 1. The van der Waals surface area contributed by atoms with E-state index in [1.165, 1.54) is 0 Å². The summed E-state index contributed by atoms with van der Waals surface area (Å²) in [6.45, 7) is 8.54.